The molecule has 0 spiro atoms. The lowest BCUT2D eigenvalue weighted by Crippen LogP contribution is -2.45. The molecule has 5 nitrogen and oxygen atoms in total. The van der Waals surface area contributed by atoms with Gasteiger partial charge in [-0.1, -0.05) is 6.08 Å². The Bertz CT molecular complexity index is 271. The van der Waals surface area contributed by atoms with Crippen molar-refractivity contribution in [2.75, 3.05) is 0 Å². The second-order valence-electron chi connectivity index (χ2n) is 2.88. The van der Waals surface area contributed by atoms with E-state index >= 15 is 0 Å². The molecule has 0 bridgehead atoms. The molecule has 1 atom stereocenters. The van der Waals surface area contributed by atoms with E-state index in [1.165, 1.54) is 6.08 Å². The molecular formula is C7H9NO4. The Balaban J connectivity index is 2.75. The van der Waals surface area contributed by atoms with Gasteiger partial charge in [-0.25, -0.2) is 4.79 Å². The van der Waals surface area contributed by atoms with Crippen LogP contribution < -0.4 is 5.73 Å². The third kappa shape index (κ3) is 1.31. The van der Waals surface area contributed by atoms with Crippen LogP contribution in [0.3, 0.4) is 0 Å². The van der Waals surface area contributed by atoms with Crippen molar-refractivity contribution in [1.29, 1.82) is 0 Å². The van der Waals surface area contributed by atoms with Gasteiger partial charge in [0, 0.05) is 12.0 Å². The molecule has 0 saturated heterocycles. The Hall–Kier alpha value is -1.36. The van der Waals surface area contributed by atoms with E-state index in [2.05, 4.69) is 0 Å². The van der Waals surface area contributed by atoms with Crippen molar-refractivity contribution in [3.8, 4) is 0 Å². The lowest BCUT2D eigenvalue weighted by Gasteiger charge is -2.16. The van der Waals surface area contributed by atoms with Crippen molar-refractivity contribution in [2.24, 2.45) is 5.73 Å². The van der Waals surface area contributed by atoms with Gasteiger partial charge in [-0.3, -0.25) is 4.79 Å². The maximum atomic E-state index is 10.5. The molecule has 5 heteroatoms. The molecule has 0 unspecified atom stereocenters. The molecule has 0 amide bonds. The first-order valence-corrected chi connectivity index (χ1v) is 3.40. The van der Waals surface area contributed by atoms with Gasteiger partial charge in [0.05, 0.1) is 0 Å². The maximum Gasteiger partial charge on any atom is 0.331 e. The number of carbonyl (C=O) groups is 2. The first-order chi connectivity index (χ1) is 5.46. The number of hydrogen-bond donors (Lipinski definition) is 3. The summed E-state index contributed by atoms with van der Waals surface area (Å²) in [5.74, 6) is -2.25. The van der Waals surface area contributed by atoms with E-state index in [-0.39, 0.29) is 18.4 Å². The Morgan fingerprint density at radius 1 is 1.50 bits per heavy atom. The van der Waals surface area contributed by atoms with Gasteiger partial charge in [-0.2, -0.15) is 0 Å². The highest BCUT2D eigenvalue weighted by molar-refractivity contribution is 5.91. The summed E-state index contributed by atoms with van der Waals surface area (Å²) in [5.41, 5.74) is 4.09. The molecule has 0 fully saturated rings. The van der Waals surface area contributed by atoms with Crippen LogP contribution in [0.5, 0.6) is 0 Å². The van der Waals surface area contributed by atoms with Gasteiger partial charge in [0.2, 0.25) is 0 Å². The molecule has 0 aromatic rings. The zero-order chi connectivity index (χ0) is 9.35. The molecule has 0 radical (unpaired) electrons. The minimum Gasteiger partial charge on any atom is -0.480 e. The molecular weight excluding hydrogens is 162 g/mol. The smallest absolute Gasteiger partial charge is 0.331 e. The minimum atomic E-state index is -1.41. The lowest BCUT2D eigenvalue weighted by atomic mass is 9.97. The van der Waals surface area contributed by atoms with Crippen molar-refractivity contribution in [2.45, 2.75) is 18.4 Å². The third-order valence-corrected chi connectivity index (χ3v) is 1.92. The molecule has 0 aromatic carbocycles. The number of rotatable bonds is 2. The van der Waals surface area contributed by atoms with E-state index in [9.17, 15) is 9.59 Å². The molecule has 0 saturated carbocycles. The van der Waals surface area contributed by atoms with Crippen LogP contribution in [0.1, 0.15) is 12.8 Å². The zero-order valence-corrected chi connectivity index (χ0v) is 6.28. The Morgan fingerprint density at radius 3 is 2.33 bits per heavy atom. The van der Waals surface area contributed by atoms with Crippen molar-refractivity contribution in [3.05, 3.63) is 11.6 Å². The van der Waals surface area contributed by atoms with Crippen molar-refractivity contribution in [1.82, 2.24) is 0 Å². The maximum absolute atomic E-state index is 10.5. The Kier molecular flexibility index (Phi) is 1.89. The van der Waals surface area contributed by atoms with E-state index < -0.39 is 17.5 Å². The third-order valence-electron chi connectivity index (χ3n) is 1.92. The standard InChI is InChI=1S/C7H9NO4/c8-7(6(11)12)2-1-4(3-7)5(9)10/h1H,2-3,8H2,(H,9,10)(H,11,12)/t7-/m0/s1. The van der Waals surface area contributed by atoms with E-state index in [0.29, 0.717) is 0 Å². The second kappa shape index (κ2) is 2.60. The molecule has 0 aromatic heterocycles. The average Bonchev–Trinajstić information content (AvgIpc) is 2.33. The van der Waals surface area contributed by atoms with Crippen LogP contribution in [0.15, 0.2) is 11.6 Å². The summed E-state index contributed by atoms with van der Waals surface area (Å²) in [4.78, 5) is 20.9. The number of carboxylic acid groups (broad SMARTS) is 2. The Morgan fingerprint density at radius 2 is 2.08 bits per heavy atom. The van der Waals surface area contributed by atoms with Crippen molar-refractivity contribution >= 4 is 11.9 Å². The summed E-state index contributed by atoms with van der Waals surface area (Å²) in [6, 6.07) is 0. The zero-order valence-electron chi connectivity index (χ0n) is 6.28. The molecule has 0 aliphatic heterocycles. The monoisotopic (exact) mass is 171 g/mol. The van der Waals surface area contributed by atoms with Gasteiger partial charge in [-0.15, -0.1) is 0 Å². The number of carboxylic acids is 2. The number of aliphatic carboxylic acids is 2. The fraction of sp³-hybridized carbons (Fsp3) is 0.429. The van der Waals surface area contributed by atoms with Crippen LogP contribution in [-0.4, -0.2) is 27.7 Å². The predicted octanol–water partition coefficient (Wildman–Crippen LogP) is -0.427. The summed E-state index contributed by atoms with van der Waals surface area (Å²) in [7, 11) is 0. The molecule has 0 heterocycles. The van der Waals surface area contributed by atoms with Gasteiger partial charge in [0.25, 0.3) is 0 Å². The SMILES string of the molecule is N[C@@]1(C(=O)O)CC=C(C(=O)O)C1. The molecule has 1 aliphatic carbocycles. The van der Waals surface area contributed by atoms with Crippen molar-refractivity contribution in [3.63, 3.8) is 0 Å². The van der Waals surface area contributed by atoms with Gasteiger partial charge >= 0.3 is 11.9 Å². The van der Waals surface area contributed by atoms with Crippen LogP contribution in [-0.2, 0) is 9.59 Å². The van der Waals surface area contributed by atoms with Gasteiger partial charge in [0.1, 0.15) is 5.54 Å². The molecule has 12 heavy (non-hydrogen) atoms. The van der Waals surface area contributed by atoms with Gasteiger partial charge in [-0.05, 0) is 6.42 Å². The summed E-state index contributed by atoms with van der Waals surface area (Å²) in [6.07, 6.45) is 1.35. The molecule has 1 rings (SSSR count). The van der Waals surface area contributed by atoms with Gasteiger partial charge < -0.3 is 15.9 Å². The van der Waals surface area contributed by atoms with Crippen LogP contribution >= 0.6 is 0 Å². The first kappa shape index (κ1) is 8.73. The summed E-state index contributed by atoms with van der Waals surface area (Å²) in [6.45, 7) is 0. The molecule has 4 N–H and O–H groups in total. The minimum absolute atomic E-state index is 0.0832. The summed E-state index contributed by atoms with van der Waals surface area (Å²) in [5, 5.41) is 17.1. The molecule has 1 aliphatic rings. The van der Waals surface area contributed by atoms with Crippen LogP contribution in [0, 0.1) is 0 Å². The second-order valence-corrected chi connectivity index (χ2v) is 2.88. The average molecular weight is 171 g/mol. The summed E-state index contributed by atoms with van der Waals surface area (Å²) >= 11 is 0. The number of hydrogen-bond acceptors (Lipinski definition) is 3. The summed E-state index contributed by atoms with van der Waals surface area (Å²) < 4.78 is 0. The van der Waals surface area contributed by atoms with Gasteiger partial charge in [0.15, 0.2) is 0 Å². The van der Waals surface area contributed by atoms with E-state index in [0.717, 1.165) is 0 Å². The molecule has 66 valence electrons. The first-order valence-electron chi connectivity index (χ1n) is 3.40. The lowest BCUT2D eigenvalue weighted by molar-refractivity contribution is -0.142. The highest BCUT2D eigenvalue weighted by atomic mass is 16.4. The van der Waals surface area contributed by atoms with Crippen molar-refractivity contribution < 1.29 is 19.8 Å². The quantitative estimate of drug-likeness (QED) is 0.523. The largest absolute Gasteiger partial charge is 0.480 e. The van der Waals surface area contributed by atoms with Crippen LogP contribution in [0.4, 0.5) is 0 Å². The van der Waals surface area contributed by atoms with E-state index in [1.54, 1.807) is 0 Å². The van der Waals surface area contributed by atoms with Crippen LogP contribution in [0.2, 0.25) is 0 Å². The van der Waals surface area contributed by atoms with E-state index in [4.69, 9.17) is 15.9 Å². The van der Waals surface area contributed by atoms with Crippen LogP contribution in [0.25, 0.3) is 0 Å². The Labute approximate surface area is 68.5 Å². The number of nitrogens with two attached hydrogens (primary N) is 1. The van der Waals surface area contributed by atoms with E-state index in [1.807, 2.05) is 0 Å². The normalized spacial score (nSPS) is 28.2. The fourth-order valence-corrected chi connectivity index (χ4v) is 1.12. The highest BCUT2D eigenvalue weighted by Gasteiger charge is 2.39. The topological polar surface area (TPSA) is 101 Å². The predicted molar refractivity (Wildman–Crippen MR) is 39.5 cm³/mol. The fourth-order valence-electron chi connectivity index (χ4n) is 1.12. The highest BCUT2D eigenvalue weighted by Crippen LogP contribution is 2.27.